The molecule has 33 heavy (non-hydrogen) atoms. The lowest BCUT2D eigenvalue weighted by Gasteiger charge is -2.15. The zero-order valence-electron chi connectivity index (χ0n) is 17.6. The Kier molecular flexibility index (Phi) is 5.92. The van der Waals surface area contributed by atoms with Gasteiger partial charge >= 0.3 is 5.97 Å². The SMILES string of the molecule is Cc1ccc(S(=O)(=O)Nc2nc3ccccc3nc2Nc2cc(C)c(Cl)c(C(=O)O)c2)cc1. The first-order valence-electron chi connectivity index (χ1n) is 9.81. The number of aromatic nitrogens is 2. The molecule has 3 aromatic carbocycles. The highest BCUT2D eigenvalue weighted by atomic mass is 35.5. The molecule has 0 radical (unpaired) electrons. The van der Waals surface area contributed by atoms with Crippen LogP contribution in [0.25, 0.3) is 11.0 Å². The summed E-state index contributed by atoms with van der Waals surface area (Å²) in [6, 6.07) is 16.4. The summed E-state index contributed by atoms with van der Waals surface area (Å²) in [4.78, 5) is 20.6. The molecule has 0 unspecified atom stereocenters. The van der Waals surface area contributed by atoms with Crippen LogP contribution in [0.5, 0.6) is 0 Å². The molecule has 0 fully saturated rings. The van der Waals surface area contributed by atoms with E-state index in [4.69, 9.17) is 11.6 Å². The summed E-state index contributed by atoms with van der Waals surface area (Å²) >= 11 is 6.11. The Hall–Kier alpha value is -3.69. The Morgan fingerprint density at radius 1 is 0.939 bits per heavy atom. The summed E-state index contributed by atoms with van der Waals surface area (Å²) in [6.07, 6.45) is 0. The van der Waals surface area contributed by atoms with E-state index in [1.807, 2.05) is 6.92 Å². The molecular formula is C23H19ClN4O4S. The van der Waals surface area contributed by atoms with Crippen molar-refractivity contribution in [2.45, 2.75) is 18.7 Å². The standard InChI is InChI=1S/C23H19ClN4O4S/c1-13-7-9-16(10-8-13)33(31,32)28-22-21(26-18-5-3-4-6-19(18)27-22)25-15-11-14(2)20(24)17(12-15)23(29)30/h3-12H,1-2H3,(H,25,26)(H,27,28)(H,29,30). The first-order valence-corrected chi connectivity index (χ1v) is 11.7. The first-order chi connectivity index (χ1) is 15.6. The van der Waals surface area contributed by atoms with Gasteiger partial charge in [0.25, 0.3) is 10.0 Å². The number of carbonyl (C=O) groups is 1. The molecule has 1 aromatic heterocycles. The van der Waals surface area contributed by atoms with Crippen LogP contribution >= 0.6 is 11.6 Å². The molecule has 8 nitrogen and oxygen atoms in total. The average molecular weight is 483 g/mol. The summed E-state index contributed by atoms with van der Waals surface area (Å²) in [7, 11) is -3.96. The quantitative estimate of drug-likeness (QED) is 0.347. The molecule has 3 N–H and O–H groups in total. The van der Waals surface area contributed by atoms with Crippen molar-refractivity contribution < 1.29 is 18.3 Å². The highest BCUT2D eigenvalue weighted by molar-refractivity contribution is 7.92. The smallest absolute Gasteiger partial charge is 0.337 e. The maximum absolute atomic E-state index is 13.0. The predicted molar refractivity (Wildman–Crippen MR) is 128 cm³/mol. The maximum Gasteiger partial charge on any atom is 0.337 e. The minimum Gasteiger partial charge on any atom is -0.478 e. The minimum atomic E-state index is -3.96. The topological polar surface area (TPSA) is 121 Å². The Bertz CT molecular complexity index is 1490. The van der Waals surface area contributed by atoms with Gasteiger partial charge in [-0.15, -0.1) is 0 Å². The van der Waals surface area contributed by atoms with Gasteiger partial charge in [0.15, 0.2) is 11.6 Å². The van der Waals surface area contributed by atoms with Crippen LogP contribution in [0.1, 0.15) is 21.5 Å². The number of nitrogens with zero attached hydrogens (tertiary/aromatic N) is 2. The van der Waals surface area contributed by atoms with E-state index < -0.39 is 16.0 Å². The number of hydrogen-bond donors (Lipinski definition) is 3. The second kappa shape index (κ2) is 8.68. The number of carboxylic acids is 1. The van der Waals surface area contributed by atoms with Crippen molar-refractivity contribution in [3.05, 3.63) is 82.4 Å². The highest BCUT2D eigenvalue weighted by Crippen LogP contribution is 2.30. The van der Waals surface area contributed by atoms with Crippen LogP contribution in [0, 0.1) is 13.8 Å². The van der Waals surface area contributed by atoms with Crippen LogP contribution < -0.4 is 10.0 Å². The Labute approximate surface area is 195 Å². The van der Waals surface area contributed by atoms with E-state index in [0.29, 0.717) is 22.3 Å². The fourth-order valence-corrected chi connectivity index (χ4v) is 4.40. The molecular weight excluding hydrogens is 464 g/mol. The summed E-state index contributed by atoms with van der Waals surface area (Å²) in [6.45, 7) is 3.53. The van der Waals surface area contributed by atoms with Crippen molar-refractivity contribution in [3.8, 4) is 0 Å². The number of hydrogen-bond acceptors (Lipinski definition) is 6. The van der Waals surface area contributed by atoms with Gasteiger partial charge in [0, 0.05) is 5.69 Å². The monoisotopic (exact) mass is 482 g/mol. The molecule has 0 spiro atoms. The molecule has 0 saturated heterocycles. The van der Waals surface area contributed by atoms with E-state index >= 15 is 0 Å². The Morgan fingerprint density at radius 2 is 1.55 bits per heavy atom. The molecule has 0 aliphatic carbocycles. The van der Waals surface area contributed by atoms with Crippen molar-refractivity contribution in [2.75, 3.05) is 10.0 Å². The summed E-state index contributed by atoms with van der Waals surface area (Å²) in [5.74, 6) is -1.10. The summed E-state index contributed by atoms with van der Waals surface area (Å²) in [5.41, 5.74) is 2.76. The lowest BCUT2D eigenvalue weighted by Crippen LogP contribution is -2.16. The van der Waals surface area contributed by atoms with Crippen LogP contribution in [0.4, 0.5) is 17.3 Å². The highest BCUT2D eigenvalue weighted by Gasteiger charge is 2.20. The molecule has 0 saturated carbocycles. The van der Waals surface area contributed by atoms with Gasteiger partial charge < -0.3 is 10.4 Å². The fourth-order valence-electron chi connectivity index (χ4n) is 3.20. The van der Waals surface area contributed by atoms with Crippen molar-refractivity contribution in [3.63, 3.8) is 0 Å². The van der Waals surface area contributed by atoms with Crippen molar-refractivity contribution >= 4 is 56.0 Å². The number of carboxylic acid groups (broad SMARTS) is 1. The van der Waals surface area contributed by atoms with Gasteiger partial charge in [-0.1, -0.05) is 41.4 Å². The molecule has 0 bridgehead atoms. The third-order valence-electron chi connectivity index (χ3n) is 4.88. The van der Waals surface area contributed by atoms with E-state index in [1.165, 1.54) is 18.2 Å². The molecule has 10 heteroatoms. The van der Waals surface area contributed by atoms with Gasteiger partial charge in [0.05, 0.1) is 26.5 Å². The number of nitrogens with one attached hydrogen (secondary N) is 2. The first kappa shape index (κ1) is 22.5. The van der Waals surface area contributed by atoms with Gasteiger partial charge in [0.2, 0.25) is 0 Å². The van der Waals surface area contributed by atoms with Crippen LogP contribution in [0.3, 0.4) is 0 Å². The number of benzene rings is 3. The van der Waals surface area contributed by atoms with Crippen molar-refractivity contribution in [2.24, 2.45) is 0 Å². The van der Waals surface area contributed by atoms with Crippen molar-refractivity contribution in [1.29, 1.82) is 0 Å². The number of sulfonamides is 1. The number of aromatic carboxylic acids is 1. The van der Waals surface area contributed by atoms with E-state index in [1.54, 1.807) is 49.4 Å². The zero-order valence-corrected chi connectivity index (χ0v) is 19.2. The lowest BCUT2D eigenvalue weighted by atomic mass is 10.1. The lowest BCUT2D eigenvalue weighted by molar-refractivity contribution is 0.0697. The van der Waals surface area contributed by atoms with E-state index in [0.717, 1.165) is 5.56 Å². The van der Waals surface area contributed by atoms with E-state index in [9.17, 15) is 18.3 Å². The number of rotatable bonds is 6. The van der Waals surface area contributed by atoms with E-state index in [2.05, 4.69) is 20.0 Å². The fraction of sp³-hybridized carbons (Fsp3) is 0.0870. The summed E-state index contributed by atoms with van der Waals surface area (Å²) in [5, 5.41) is 12.6. The number of anilines is 3. The number of para-hydroxylation sites is 2. The third kappa shape index (κ3) is 4.74. The van der Waals surface area contributed by atoms with Gasteiger partial charge in [0.1, 0.15) is 0 Å². The normalized spacial score (nSPS) is 11.4. The van der Waals surface area contributed by atoms with Crippen LogP contribution in [-0.2, 0) is 10.0 Å². The van der Waals surface area contributed by atoms with Crippen LogP contribution in [0.2, 0.25) is 5.02 Å². The van der Waals surface area contributed by atoms with Crippen LogP contribution in [-0.4, -0.2) is 29.5 Å². The molecule has 4 rings (SSSR count). The molecule has 0 aliphatic rings. The number of aryl methyl sites for hydroxylation is 2. The van der Waals surface area contributed by atoms with Crippen molar-refractivity contribution in [1.82, 2.24) is 9.97 Å². The minimum absolute atomic E-state index is 0.0289. The second-order valence-electron chi connectivity index (χ2n) is 7.41. The molecule has 0 amide bonds. The Balaban J connectivity index is 1.80. The third-order valence-corrected chi connectivity index (χ3v) is 6.74. The average Bonchev–Trinajstić information content (AvgIpc) is 2.76. The van der Waals surface area contributed by atoms with Gasteiger partial charge in [-0.25, -0.2) is 23.2 Å². The van der Waals surface area contributed by atoms with Gasteiger partial charge in [-0.05, 0) is 55.8 Å². The molecule has 1 heterocycles. The molecule has 168 valence electrons. The summed E-state index contributed by atoms with van der Waals surface area (Å²) < 4.78 is 28.5. The number of fused-ring (bicyclic) bond motifs is 1. The maximum atomic E-state index is 13.0. The van der Waals surface area contributed by atoms with E-state index in [-0.39, 0.29) is 27.1 Å². The molecule has 0 aliphatic heterocycles. The Morgan fingerprint density at radius 3 is 2.15 bits per heavy atom. The second-order valence-corrected chi connectivity index (χ2v) is 9.47. The van der Waals surface area contributed by atoms with Gasteiger partial charge in [-0.3, -0.25) is 4.72 Å². The van der Waals surface area contributed by atoms with Gasteiger partial charge in [-0.2, -0.15) is 0 Å². The number of halogens is 1. The zero-order chi connectivity index (χ0) is 23.8. The molecule has 0 atom stereocenters. The largest absolute Gasteiger partial charge is 0.478 e. The van der Waals surface area contributed by atoms with Crippen LogP contribution in [0.15, 0.2) is 65.6 Å². The predicted octanol–water partition coefficient (Wildman–Crippen LogP) is 5.14. The molecule has 4 aromatic rings.